The molecule has 0 saturated heterocycles. The highest BCUT2D eigenvalue weighted by Gasteiger charge is 2.13. The molecule has 0 heterocycles. The first-order valence-corrected chi connectivity index (χ1v) is 9.50. The Labute approximate surface area is 135 Å². The second-order valence-electron chi connectivity index (χ2n) is 4.91. The SMILES string of the molecule is Cc1ccc(SCCNS(=O)(=O)Cc2ccccc2F)cc1. The molecular weight excluding hydrogens is 321 g/mol. The van der Waals surface area contributed by atoms with E-state index in [1.165, 1.54) is 23.8 Å². The van der Waals surface area contributed by atoms with Gasteiger partial charge in [-0.1, -0.05) is 35.9 Å². The van der Waals surface area contributed by atoms with Crippen LogP contribution in [0.4, 0.5) is 4.39 Å². The molecule has 2 rings (SSSR count). The predicted molar refractivity (Wildman–Crippen MR) is 88.9 cm³/mol. The zero-order valence-electron chi connectivity index (χ0n) is 12.3. The highest BCUT2D eigenvalue weighted by atomic mass is 32.2. The minimum absolute atomic E-state index is 0.182. The van der Waals surface area contributed by atoms with Crippen molar-refractivity contribution in [3.8, 4) is 0 Å². The van der Waals surface area contributed by atoms with Crippen molar-refractivity contribution in [2.75, 3.05) is 12.3 Å². The highest BCUT2D eigenvalue weighted by Crippen LogP contribution is 2.17. The van der Waals surface area contributed by atoms with Gasteiger partial charge >= 0.3 is 0 Å². The van der Waals surface area contributed by atoms with Crippen LogP contribution in [0, 0.1) is 12.7 Å². The van der Waals surface area contributed by atoms with Crippen molar-refractivity contribution in [2.45, 2.75) is 17.6 Å². The van der Waals surface area contributed by atoms with E-state index in [0.717, 1.165) is 4.90 Å². The molecule has 2 aromatic carbocycles. The van der Waals surface area contributed by atoms with Gasteiger partial charge in [-0.3, -0.25) is 0 Å². The van der Waals surface area contributed by atoms with E-state index in [4.69, 9.17) is 0 Å². The standard InChI is InChI=1S/C16H18FNO2S2/c1-13-6-8-15(9-7-13)21-11-10-18-22(19,20)12-14-4-2-3-5-16(14)17/h2-9,18H,10-12H2,1H3. The molecule has 0 atom stereocenters. The van der Waals surface area contributed by atoms with E-state index in [1.807, 2.05) is 31.2 Å². The third-order valence-corrected chi connectivity index (χ3v) is 5.37. The molecule has 22 heavy (non-hydrogen) atoms. The fourth-order valence-corrected chi connectivity index (χ4v) is 3.93. The van der Waals surface area contributed by atoms with E-state index in [2.05, 4.69) is 4.72 Å². The van der Waals surface area contributed by atoms with Gasteiger partial charge in [-0.25, -0.2) is 17.5 Å². The number of hydrogen-bond donors (Lipinski definition) is 1. The summed E-state index contributed by atoms with van der Waals surface area (Å²) < 4.78 is 39.8. The maximum absolute atomic E-state index is 13.5. The molecule has 0 aromatic heterocycles. The first kappa shape index (κ1) is 17.0. The maximum atomic E-state index is 13.5. The van der Waals surface area contributed by atoms with Crippen LogP contribution in [-0.2, 0) is 15.8 Å². The number of rotatable bonds is 7. The van der Waals surface area contributed by atoms with Gasteiger partial charge in [-0.2, -0.15) is 0 Å². The van der Waals surface area contributed by atoms with Crippen LogP contribution in [0.3, 0.4) is 0 Å². The van der Waals surface area contributed by atoms with E-state index in [-0.39, 0.29) is 11.3 Å². The molecule has 0 aliphatic carbocycles. The number of sulfonamides is 1. The quantitative estimate of drug-likeness (QED) is 0.621. The zero-order chi connectivity index (χ0) is 16.0. The molecular formula is C16H18FNO2S2. The third kappa shape index (κ3) is 5.44. The second kappa shape index (κ2) is 7.76. The molecule has 2 aromatic rings. The maximum Gasteiger partial charge on any atom is 0.215 e. The molecule has 1 N–H and O–H groups in total. The van der Waals surface area contributed by atoms with Crippen molar-refractivity contribution in [3.63, 3.8) is 0 Å². The number of benzene rings is 2. The molecule has 0 fully saturated rings. The molecule has 0 saturated carbocycles. The van der Waals surface area contributed by atoms with Crippen LogP contribution in [-0.4, -0.2) is 20.7 Å². The Hall–Kier alpha value is -1.37. The molecule has 0 aliphatic heterocycles. The fourth-order valence-electron chi connectivity index (χ4n) is 1.87. The van der Waals surface area contributed by atoms with Gasteiger partial charge in [0.05, 0.1) is 5.75 Å². The largest absolute Gasteiger partial charge is 0.215 e. The lowest BCUT2D eigenvalue weighted by molar-refractivity contribution is 0.577. The second-order valence-corrected chi connectivity index (χ2v) is 7.88. The van der Waals surface area contributed by atoms with Gasteiger partial charge in [0.2, 0.25) is 10.0 Å². The molecule has 0 radical (unpaired) electrons. The molecule has 6 heteroatoms. The van der Waals surface area contributed by atoms with Crippen LogP contribution in [0.25, 0.3) is 0 Å². The molecule has 118 valence electrons. The van der Waals surface area contributed by atoms with Gasteiger partial charge in [-0.05, 0) is 25.1 Å². The summed E-state index contributed by atoms with van der Waals surface area (Å²) in [5, 5.41) is 0. The van der Waals surface area contributed by atoms with Crippen molar-refractivity contribution in [3.05, 3.63) is 65.5 Å². The summed E-state index contributed by atoms with van der Waals surface area (Å²) in [5.41, 5.74) is 1.37. The van der Waals surface area contributed by atoms with Gasteiger partial charge in [0.1, 0.15) is 5.82 Å². The van der Waals surface area contributed by atoms with Crippen LogP contribution in [0.1, 0.15) is 11.1 Å². The summed E-state index contributed by atoms with van der Waals surface area (Å²) in [5.74, 6) is -0.212. The lowest BCUT2D eigenvalue weighted by Crippen LogP contribution is -2.27. The summed E-state index contributed by atoms with van der Waals surface area (Å²) >= 11 is 1.58. The minimum atomic E-state index is -3.52. The Kier molecular flexibility index (Phi) is 5.99. The van der Waals surface area contributed by atoms with Gasteiger partial charge in [0.25, 0.3) is 0 Å². The molecule has 3 nitrogen and oxygen atoms in total. The van der Waals surface area contributed by atoms with Crippen LogP contribution in [0.5, 0.6) is 0 Å². The smallest absolute Gasteiger partial charge is 0.214 e. The Bertz CT molecular complexity index is 715. The normalized spacial score (nSPS) is 11.5. The summed E-state index contributed by atoms with van der Waals surface area (Å²) in [6.45, 7) is 2.33. The molecule has 0 aliphatic rings. The number of halogens is 1. The lowest BCUT2D eigenvalue weighted by atomic mass is 10.2. The lowest BCUT2D eigenvalue weighted by Gasteiger charge is -2.07. The topological polar surface area (TPSA) is 46.2 Å². The number of nitrogens with one attached hydrogen (secondary N) is 1. The molecule has 0 amide bonds. The Balaban J connectivity index is 1.80. The van der Waals surface area contributed by atoms with Crippen molar-refractivity contribution >= 4 is 21.8 Å². The Morgan fingerprint density at radius 2 is 1.77 bits per heavy atom. The summed E-state index contributed by atoms with van der Waals surface area (Å²) in [6.07, 6.45) is 0. The molecule has 0 spiro atoms. The predicted octanol–water partition coefficient (Wildman–Crippen LogP) is 3.35. The monoisotopic (exact) mass is 339 g/mol. The summed E-state index contributed by atoms with van der Waals surface area (Å²) in [7, 11) is -3.52. The Morgan fingerprint density at radius 3 is 2.45 bits per heavy atom. The summed E-state index contributed by atoms with van der Waals surface area (Å²) in [4.78, 5) is 1.10. The average molecular weight is 339 g/mol. The molecule has 0 unspecified atom stereocenters. The van der Waals surface area contributed by atoms with E-state index in [0.29, 0.717) is 12.3 Å². The van der Waals surface area contributed by atoms with Crippen LogP contribution >= 0.6 is 11.8 Å². The van der Waals surface area contributed by atoms with Gasteiger partial charge in [-0.15, -0.1) is 11.8 Å². The van der Waals surface area contributed by atoms with Crippen LogP contribution in [0.2, 0.25) is 0 Å². The van der Waals surface area contributed by atoms with E-state index in [9.17, 15) is 12.8 Å². The first-order valence-electron chi connectivity index (χ1n) is 6.86. The fraction of sp³-hybridized carbons (Fsp3) is 0.250. The van der Waals surface area contributed by atoms with Gasteiger partial charge < -0.3 is 0 Å². The average Bonchev–Trinajstić information content (AvgIpc) is 2.48. The number of hydrogen-bond acceptors (Lipinski definition) is 3. The van der Waals surface area contributed by atoms with Crippen LogP contribution < -0.4 is 4.72 Å². The minimum Gasteiger partial charge on any atom is -0.214 e. The van der Waals surface area contributed by atoms with Crippen molar-refractivity contribution in [1.29, 1.82) is 0 Å². The first-order chi connectivity index (χ1) is 10.5. The Morgan fingerprint density at radius 1 is 1.09 bits per heavy atom. The number of aryl methyl sites for hydroxylation is 1. The zero-order valence-corrected chi connectivity index (χ0v) is 13.9. The van der Waals surface area contributed by atoms with Gasteiger partial charge in [0.15, 0.2) is 0 Å². The van der Waals surface area contributed by atoms with E-state index in [1.54, 1.807) is 17.8 Å². The van der Waals surface area contributed by atoms with Gasteiger partial charge in [0, 0.05) is 22.8 Å². The highest BCUT2D eigenvalue weighted by molar-refractivity contribution is 7.99. The van der Waals surface area contributed by atoms with Crippen molar-refractivity contribution in [1.82, 2.24) is 4.72 Å². The van der Waals surface area contributed by atoms with Crippen LogP contribution in [0.15, 0.2) is 53.4 Å². The number of thioether (sulfide) groups is 1. The summed E-state index contributed by atoms with van der Waals surface area (Å²) in [6, 6.07) is 14.0. The van der Waals surface area contributed by atoms with E-state index >= 15 is 0 Å². The van der Waals surface area contributed by atoms with E-state index < -0.39 is 15.8 Å². The van der Waals surface area contributed by atoms with Crippen molar-refractivity contribution < 1.29 is 12.8 Å². The molecule has 0 bridgehead atoms. The van der Waals surface area contributed by atoms with Crippen molar-refractivity contribution in [2.24, 2.45) is 0 Å². The third-order valence-electron chi connectivity index (χ3n) is 3.02.